The molecule has 3 aliphatic rings. The van der Waals surface area contributed by atoms with Crippen LogP contribution in [0.3, 0.4) is 0 Å². The largest absolute Gasteiger partial charge is 0.340 e. The van der Waals surface area contributed by atoms with Crippen molar-refractivity contribution in [2.45, 2.75) is 56.5 Å². The van der Waals surface area contributed by atoms with Gasteiger partial charge in [-0.25, -0.2) is 0 Å². The number of likely N-dealkylation sites (N-methyl/N-ethyl adjacent to an activating group) is 1. The lowest BCUT2D eigenvalue weighted by atomic mass is 9.81. The molecule has 5 heteroatoms. The number of rotatable bonds is 4. The van der Waals surface area contributed by atoms with Gasteiger partial charge in [-0.2, -0.15) is 0 Å². The van der Waals surface area contributed by atoms with Crippen LogP contribution in [-0.2, 0) is 0 Å². The highest BCUT2D eigenvalue weighted by Crippen LogP contribution is 2.30. The predicted octanol–water partition coefficient (Wildman–Crippen LogP) is 2.26. The van der Waals surface area contributed by atoms with Crippen molar-refractivity contribution in [3.63, 3.8) is 0 Å². The van der Waals surface area contributed by atoms with Crippen molar-refractivity contribution in [1.82, 2.24) is 21.1 Å². The Hall–Kier alpha value is -1.43. The highest BCUT2D eigenvalue weighted by molar-refractivity contribution is 5.94. The lowest BCUT2D eigenvalue weighted by molar-refractivity contribution is 0.0772. The molecule has 26 heavy (non-hydrogen) atoms. The minimum atomic E-state index is 0.136. The molecule has 0 spiro atoms. The van der Waals surface area contributed by atoms with Crippen molar-refractivity contribution in [2.75, 3.05) is 26.7 Å². The standard InChI is InChI=1S/C21H32N4O/c1-25(14-20-18-9-2-3-10-19(18)23-24-20)21(26)16-7-4-6-15(12-16)17-8-5-11-22-13-17/h4,6-7,12,17-20,22-24H,2-3,5,8-11,13-14H2,1H3. The molecule has 2 aliphatic heterocycles. The fourth-order valence-corrected chi connectivity index (χ4v) is 4.98. The van der Waals surface area contributed by atoms with Crippen LogP contribution < -0.4 is 16.2 Å². The van der Waals surface area contributed by atoms with Crippen molar-refractivity contribution in [3.8, 4) is 0 Å². The Labute approximate surface area is 156 Å². The van der Waals surface area contributed by atoms with E-state index in [1.165, 1.54) is 44.1 Å². The number of amides is 1. The molecule has 1 aromatic rings. The minimum Gasteiger partial charge on any atom is -0.340 e. The van der Waals surface area contributed by atoms with Gasteiger partial charge in [-0.3, -0.25) is 15.6 Å². The van der Waals surface area contributed by atoms with Crippen molar-refractivity contribution in [3.05, 3.63) is 35.4 Å². The summed E-state index contributed by atoms with van der Waals surface area (Å²) >= 11 is 0. The van der Waals surface area contributed by atoms with Crippen LogP contribution in [0.2, 0.25) is 0 Å². The molecule has 3 N–H and O–H groups in total. The number of carbonyl (C=O) groups is 1. The minimum absolute atomic E-state index is 0.136. The first-order valence-electron chi connectivity index (χ1n) is 10.3. The van der Waals surface area contributed by atoms with E-state index < -0.39 is 0 Å². The zero-order valence-electron chi connectivity index (χ0n) is 15.8. The SMILES string of the molecule is CN(CC1NNC2CCCCC21)C(=O)c1cccc(C2CCCNC2)c1. The molecule has 4 rings (SSSR count). The molecule has 1 aliphatic carbocycles. The van der Waals surface area contributed by atoms with Crippen LogP contribution in [0, 0.1) is 5.92 Å². The monoisotopic (exact) mass is 356 g/mol. The fraction of sp³-hybridized carbons (Fsp3) is 0.667. The number of carbonyl (C=O) groups excluding carboxylic acids is 1. The van der Waals surface area contributed by atoms with Crippen LogP contribution in [-0.4, -0.2) is 49.6 Å². The first-order chi connectivity index (χ1) is 12.7. The molecule has 1 saturated carbocycles. The lowest BCUT2D eigenvalue weighted by Gasteiger charge is -2.30. The van der Waals surface area contributed by atoms with E-state index in [0.29, 0.717) is 23.9 Å². The van der Waals surface area contributed by atoms with Crippen molar-refractivity contribution in [1.29, 1.82) is 0 Å². The quantitative estimate of drug-likeness (QED) is 0.775. The van der Waals surface area contributed by atoms with Crippen LogP contribution in [0.5, 0.6) is 0 Å². The number of hydrazine groups is 1. The fourth-order valence-electron chi connectivity index (χ4n) is 4.98. The highest BCUT2D eigenvalue weighted by Gasteiger charge is 2.38. The van der Waals surface area contributed by atoms with Gasteiger partial charge < -0.3 is 10.2 Å². The molecule has 0 aromatic heterocycles. The molecule has 5 nitrogen and oxygen atoms in total. The molecule has 4 unspecified atom stereocenters. The highest BCUT2D eigenvalue weighted by atomic mass is 16.2. The third-order valence-electron chi connectivity index (χ3n) is 6.51. The van der Waals surface area contributed by atoms with Gasteiger partial charge in [0.1, 0.15) is 0 Å². The second-order valence-corrected chi connectivity index (χ2v) is 8.30. The van der Waals surface area contributed by atoms with Crippen molar-refractivity contribution in [2.24, 2.45) is 5.92 Å². The molecule has 1 amide bonds. The number of benzene rings is 1. The van der Waals surface area contributed by atoms with Crippen LogP contribution in [0.4, 0.5) is 0 Å². The van der Waals surface area contributed by atoms with Crippen LogP contribution in [0.15, 0.2) is 24.3 Å². The Morgan fingerprint density at radius 2 is 2.04 bits per heavy atom. The molecule has 0 bridgehead atoms. The van der Waals surface area contributed by atoms with E-state index in [0.717, 1.165) is 25.2 Å². The molecule has 2 heterocycles. The predicted molar refractivity (Wildman–Crippen MR) is 104 cm³/mol. The van der Waals surface area contributed by atoms with Crippen molar-refractivity contribution >= 4 is 5.91 Å². The number of hydrogen-bond donors (Lipinski definition) is 3. The average Bonchev–Trinajstić information content (AvgIpc) is 3.11. The molecule has 4 atom stereocenters. The zero-order valence-corrected chi connectivity index (χ0v) is 15.8. The summed E-state index contributed by atoms with van der Waals surface area (Å²) in [6.07, 6.45) is 7.58. The van der Waals surface area contributed by atoms with Gasteiger partial charge in [-0.1, -0.05) is 25.0 Å². The van der Waals surface area contributed by atoms with Crippen LogP contribution >= 0.6 is 0 Å². The van der Waals surface area contributed by atoms with Gasteiger partial charge in [0.15, 0.2) is 0 Å². The number of hydrogen-bond acceptors (Lipinski definition) is 4. The van der Waals surface area contributed by atoms with Gasteiger partial charge in [0, 0.05) is 37.8 Å². The van der Waals surface area contributed by atoms with Gasteiger partial charge in [0.25, 0.3) is 5.91 Å². The number of fused-ring (bicyclic) bond motifs is 1. The number of nitrogens with one attached hydrogen (secondary N) is 3. The van der Waals surface area contributed by atoms with Crippen LogP contribution in [0.1, 0.15) is 60.4 Å². The Kier molecular flexibility index (Phi) is 5.57. The van der Waals surface area contributed by atoms with Crippen molar-refractivity contribution < 1.29 is 4.79 Å². The summed E-state index contributed by atoms with van der Waals surface area (Å²) in [4.78, 5) is 14.9. The van der Waals surface area contributed by atoms with Gasteiger partial charge in [-0.05, 0) is 61.8 Å². The first kappa shape index (κ1) is 18.0. The molecule has 0 radical (unpaired) electrons. The molecule has 1 aromatic carbocycles. The molecule has 142 valence electrons. The molecule has 2 saturated heterocycles. The maximum Gasteiger partial charge on any atom is 0.253 e. The van der Waals surface area contributed by atoms with E-state index in [2.05, 4.69) is 28.3 Å². The zero-order chi connectivity index (χ0) is 17.9. The van der Waals surface area contributed by atoms with Crippen LogP contribution in [0.25, 0.3) is 0 Å². The Morgan fingerprint density at radius 3 is 2.88 bits per heavy atom. The lowest BCUT2D eigenvalue weighted by Crippen LogP contribution is -2.43. The smallest absolute Gasteiger partial charge is 0.253 e. The second kappa shape index (κ2) is 8.07. The van der Waals surface area contributed by atoms with E-state index in [4.69, 9.17) is 0 Å². The summed E-state index contributed by atoms with van der Waals surface area (Å²) in [6, 6.07) is 9.23. The van der Waals surface area contributed by atoms with Gasteiger partial charge in [-0.15, -0.1) is 0 Å². The number of piperidine rings is 1. The third kappa shape index (κ3) is 3.80. The second-order valence-electron chi connectivity index (χ2n) is 8.30. The molecular formula is C21H32N4O. The maximum absolute atomic E-state index is 13.0. The Balaban J connectivity index is 1.40. The molecule has 3 fully saturated rings. The van der Waals surface area contributed by atoms with E-state index in [1.54, 1.807) is 0 Å². The van der Waals surface area contributed by atoms with E-state index in [1.807, 2.05) is 24.1 Å². The topological polar surface area (TPSA) is 56.4 Å². The summed E-state index contributed by atoms with van der Waals surface area (Å²) in [5.74, 6) is 1.32. The summed E-state index contributed by atoms with van der Waals surface area (Å²) < 4.78 is 0. The van der Waals surface area contributed by atoms with Gasteiger partial charge in [0.05, 0.1) is 0 Å². The Bertz CT molecular complexity index is 628. The van der Waals surface area contributed by atoms with E-state index in [-0.39, 0.29) is 5.91 Å². The summed E-state index contributed by atoms with van der Waals surface area (Å²) in [7, 11) is 1.94. The first-order valence-corrected chi connectivity index (χ1v) is 10.3. The normalized spacial score (nSPS) is 31.4. The van der Waals surface area contributed by atoms with E-state index >= 15 is 0 Å². The third-order valence-corrected chi connectivity index (χ3v) is 6.51. The van der Waals surface area contributed by atoms with E-state index in [9.17, 15) is 4.79 Å². The summed E-state index contributed by atoms with van der Waals surface area (Å²) in [5, 5.41) is 3.47. The number of nitrogens with zero attached hydrogens (tertiary/aromatic N) is 1. The van der Waals surface area contributed by atoms with Gasteiger partial charge >= 0.3 is 0 Å². The summed E-state index contributed by atoms with van der Waals surface area (Å²) in [6.45, 7) is 2.90. The maximum atomic E-state index is 13.0. The molecular weight excluding hydrogens is 324 g/mol. The summed E-state index contributed by atoms with van der Waals surface area (Å²) in [5.41, 5.74) is 9.01. The average molecular weight is 357 g/mol. The van der Waals surface area contributed by atoms with Gasteiger partial charge in [0.2, 0.25) is 0 Å². The Morgan fingerprint density at radius 1 is 1.15 bits per heavy atom.